The Labute approximate surface area is 182 Å². The van der Waals surface area contributed by atoms with Crippen LogP contribution in [0.15, 0.2) is 41.1 Å². The maximum atomic E-state index is 13.6. The molecule has 0 fully saturated rings. The minimum Gasteiger partial charge on any atom is -0.318 e. The standard InChI is InChI=1S/C20H18FN5O3S2/c1-4-31(28,29)20-24-19(30-25-20)23-18(27)15(11-22)9-14-8-12(2)26(13(14)3)17-7-5-6-16(21)10-17/h5-10H,4H2,1-3H3,(H,23,24,25,27)/b15-9-. The Morgan fingerprint density at radius 2 is 2.10 bits per heavy atom. The molecule has 2 heterocycles. The largest absolute Gasteiger partial charge is 0.318 e. The summed E-state index contributed by atoms with van der Waals surface area (Å²) in [6, 6.07) is 9.72. The van der Waals surface area contributed by atoms with Gasteiger partial charge in [-0.05, 0) is 49.8 Å². The molecule has 2 aromatic heterocycles. The molecule has 3 aromatic rings. The van der Waals surface area contributed by atoms with Gasteiger partial charge in [0.1, 0.15) is 17.5 Å². The van der Waals surface area contributed by atoms with E-state index in [2.05, 4.69) is 14.7 Å². The van der Waals surface area contributed by atoms with Gasteiger partial charge in [0.25, 0.3) is 11.1 Å². The van der Waals surface area contributed by atoms with E-state index in [0.717, 1.165) is 11.4 Å². The molecule has 0 aliphatic rings. The molecule has 11 heteroatoms. The fraction of sp³-hybridized carbons (Fsp3) is 0.200. The van der Waals surface area contributed by atoms with Crippen LogP contribution in [0.4, 0.5) is 9.52 Å². The van der Waals surface area contributed by atoms with Gasteiger partial charge in [-0.15, -0.1) is 0 Å². The van der Waals surface area contributed by atoms with Gasteiger partial charge < -0.3 is 4.57 Å². The van der Waals surface area contributed by atoms with Crippen LogP contribution in [0, 0.1) is 31.0 Å². The van der Waals surface area contributed by atoms with Gasteiger partial charge in [-0.1, -0.05) is 13.0 Å². The third-order valence-corrected chi connectivity index (χ3v) is 6.73. The van der Waals surface area contributed by atoms with Crippen molar-refractivity contribution in [2.75, 3.05) is 11.1 Å². The second-order valence-corrected chi connectivity index (χ2v) is 9.48. The Morgan fingerprint density at radius 3 is 2.74 bits per heavy atom. The number of rotatable bonds is 6. The van der Waals surface area contributed by atoms with Crippen LogP contribution in [0.2, 0.25) is 0 Å². The highest BCUT2D eigenvalue weighted by Crippen LogP contribution is 2.24. The predicted octanol–water partition coefficient (Wildman–Crippen LogP) is 3.42. The molecule has 3 rings (SSSR count). The first-order chi connectivity index (χ1) is 14.7. The summed E-state index contributed by atoms with van der Waals surface area (Å²) in [5, 5.41) is 11.5. The van der Waals surface area contributed by atoms with Gasteiger partial charge in [0.15, 0.2) is 0 Å². The Morgan fingerprint density at radius 1 is 1.35 bits per heavy atom. The van der Waals surface area contributed by atoms with Gasteiger partial charge in [0.05, 0.1) is 5.75 Å². The number of benzene rings is 1. The average molecular weight is 460 g/mol. The van der Waals surface area contributed by atoms with Crippen LogP contribution in [0.3, 0.4) is 0 Å². The number of hydrogen-bond donors (Lipinski definition) is 1. The molecule has 0 aliphatic heterocycles. The van der Waals surface area contributed by atoms with E-state index in [0.29, 0.717) is 22.8 Å². The molecule has 31 heavy (non-hydrogen) atoms. The highest BCUT2D eigenvalue weighted by molar-refractivity contribution is 7.91. The molecule has 0 saturated carbocycles. The van der Waals surface area contributed by atoms with E-state index >= 15 is 0 Å². The normalized spacial score (nSPS) is 11.9. The van der Waals surface area contributed by atoms with Crippen LogP contribution in [0.25, 0.3) is 11.8 Å². The van der Waals surface area contributed by atoms with Crippen molar-refractivity contribution in [1.29, 1.82) is 5.26 Å². The first-order valence-electron chi connectivity index (χ1n) is 9.10. The molecule has 0 unspecified atom stereocenters. The number of sulfone groups is 1. The summed E-state index contributed by atoms with van der Waals surface area (Å²) in [5.41, 5.74) is 2.55. The van der Waals surface area contributed by atoms with Gasteiger partial charge in [-0.25, -0.2) is 12.8 Å². The van der Waals surface area contributed by atoms with Crippen molar-refractivity contribution < 1.29 is 17.6 Å². The molecule has 0 spiro atoms. The number of aromatic nitrogens is 3. The third kappa shape index (κ3) is 4.70. The highest BCUT2D eigenvalue weighted by atomic mass is 32.2. The van der Waals surface area contributed by atoms with Crippen molar-refractivity contribution in [1.82, 2.24) is 13.9 Å². The van der Waals surface area contributed by atoms with Crippen LogP contribution in [-0.2, 0) is 14.6 Å². The second kappa shape index (κ2) is 8.79. The summed E-state index contributed by atoms with van der Waals surface area (Å²) in [6.45, 7) is 5.09. The van der Waals surface area contributed by atoms with Gasteiger partial charge in [-0.2, -0.15) is 14.6 Å². The number of aryl methyl sites for hydroxylation is 1. The van der Waals surface area contributed by atoms with Crippen molar-refractivity contribution in [3.05, 3.63) is 58.7 Å². The van der Waals surface area contributed by atoms with Crippen LogP contribution in [0.1, 0.15) is 23.9 Å². The fourth-order valence-corrected chi connectivity index (χ4v) is 4.51. The zero-order chi connectivity index (χ0) is 22.8. The number of halogens is 1. The second-order valence-electron chi connectivity index (χ2n) is 6.55. The van der Waals surface area contributed by atoms with Crippen molar-refractivity contribution in [3.8, 4) is 11.8 Å². The third-order valence-electron chi connectivity index (χ3n) is 4.49. The molecule has 1 N–H and O–H groups in total. The van der Waals surface area contributed by atoms with E-state index in [-0.39, 0.29) is 27.4 Å². The maximum Gasteiger partial charge on any atom is 0.268 e. The first-order valence-corrected chi connectivity index (χ1v) is 11.5. The lowest BCUT2D eigenvalue weighted by Crippen LogP contribution is -2.14. The molecule has 1 amide bonds. The smallest absolute Gasteiger partial charge is 0.268 e. The number of hydrogen-bond acceptors (Lipinski definition) is 7. The lowest BCUT2D eigenvalue weighted by molar-refractivity contribution is -0.112. The monoisotopic (exact) mass is 459 g/mol. The predicted molar refractivity (Wildman–Crippen MR) is 115 cm³/mol. The van der Waals surface area contributed by atoms with E-state index in [1.54, 1.807) is 25.1 Å². The molecular formula is C20H18FN5O3S2. The molecule has 0 radical (unpaired) electrons. The number of nitrogens with one attached hydrogen (secondary N) is 1. The summed E-state index contributed by atoms with van der Waals surface area (Å²) in [5.74, 6) is -1.28. The fourth-order valence-electron chi connectivity index (χ4n) is 2.93. The van der Waals surface area contributed by atoms with Gasteiger partial charge in [0.2, 0.25) is 15.0 Å². The Bertz CT molecular complexity index is 1330. The first kappa shape index (κ1) is 22.3. The molecule has 0 aliphatic carbocycles. The SMILES string of the molecule is CCS(=O)(=O)c1nsc(NC(=O)/C(C#N)=C\c2cc(C)n(-c3cccc(F)c3)c2C)n1. The molecule has 8 nitrogen and oxygen atoms in total. The number of carbonyl (C=O) groups is 1. The van der Waals surface area contributed by atoms with Crippen molar-refractivity contribution in [2.45, 2.75) is 25.9 Å². The number of anilines is 1. The number of carbonyl (C=O) groups excluding carboxylic acids is 1. The Balaban J connectivity index is 1.90. The van der Waals surface area contributed by atoms with Crippen molar-refractivity contribution in [3.63, 3.8) is 0 Å². The molecule has 160 valence electrons. The van der Waals surface area contributed by atoms with Gasteiger partial charge in [-0.3, -0.25) is 10.1 Å². The number of nitrogens with zero attached hydrogens (tertiary/aromatic N) is 4. The number of amides is 1. The molecule has 0 bridgehead atoms. The van der Waals surface area contributed by atoms with E-state index < -0.39 is 15.7 Å². The van der Waals surface area contributed by atoms with E-state index in [1.807, 2.05) is 17.6 Å². The van der Waals surface area contributed by atoms with Crippen LogP contribution >= 0.6 is 11.5 Å². The number of nitriles is 1. The Kier molecular flexibility index (Phi) is 6.33. The topological polar surface area (TPSA) is 118 Å². The zero-order valence-corrected chi connectivity index (χ0v) is 18.5. The lowest BCUT2D eigenvalue weighted by Gasteiger charge is -2.09. The van der Waals surface area contributed by atoms with Crippen molar-refractivity contribution in [2.24, 2.45) is 0 Å². The van der Waals surface area contributed by atoms with Crippen LogP contribution in [0.5, 0.6) is 0 Å². The van der Waals surface area contributed by atoms with Crippen LogP contribution < -0.4 is 5.32 Å². The maximum absolute atomic E-state index is 13.6. The highest BCUT2D eigenvalue weighted by Gasteiger charge is 2.20. The van der Waals surface area contributed by atoms with E-state index in [1.165, 1.54) is 25.1 Å². The molecular weight excluding hydrogens is 441 g/mol. The Hall–Kier alpha value is -3.36. The van der Waals surface area contributed by atoms with E-state index in [9.17, 15) is 22.9 Å². The summed E-state index contributed by atoms with van der Waals surface area (Å²) >= 11 is 0.714. The van der Waals surface area contributed by atoms with Gasteiger partial charge >= 0.3 is 0 Å². The van der Waals surface area contributed by atoms with Gasteiger partial charge in [0, 0.05) is 28.6 Å². The lowest BCUT2D eigenvalue weighted by atomic mass is 10.1. The average Bonchev–Trinajstić information content (AvgIpc) is 3.30. The summed E-state index contributed by atoms with van der Waals surface area (Å²) < 4.78 is 42.8. The molecule has 1 aromatic carbocycles. The summed E-state index contributed by atoms with van der Waals surface area (Å²) in [4.78, 5) is 16.3. The minimum absolute atomic E-state index is 0.0246. The molecule has 0 saturated heterocycles. The van der Waals surface area contributed by atoms with Crippen molar-refractivity contribution >= 4 is 38.5 Å². The van der Waals surface area contributed by atoms with Crippen LogP contribution in [-0.4, -0.2) is 34.0 Å². The summed E-state index contributed by atoms with van der Waals surface area (Å²) in [7, 11) is -3.60. The zero-order valence-electron chi connectivity index (χ0n) is 16.9. The summed E-state index contributed by atoms with van der Waals surface area (Å²) in [6.07, 6.45) is 1.41. The quantitative estimate of drug-likeness (QED) is 0.446. The molecule has 0 atom stereocenters. The minimum atomic E-state index is -3.60. The van der Waals surface area contributed by atoms with E-state index in [4.69, 9.17) is 0 Å².